The normalized spacial score (nSPS) is 15.9. The Kier molecular flexibility index (Phi) is 5.53. The van der Waals surface area contributed by atoms with E-state index < -0.39 is 26.4 Å². The fraction of sp³-hybridized carbons (Fsp3) is 0.263. The first-order chi connectivity index (χ1) is 12.9. The number of amides is 2. The third-order valence-corrected chi connectivity index (χ3v) is 7.56. The van der Waals surface area contributed by atoms with Crippen LogP contribution in [0.5, 0.6) is 0 Å². The number of carbonyl (C=O) groups excluding carboxylic acids is 2. The van der Waals surface area contributed by atoms with Gasteiger partial charge in [0.25, 0.3) is 11.8 Å². The van der Waals surface area contributed by atoms with Crippen molar-refractivity contribution in [3.63, 3.8) is 0 Å². The van der Waals surface area contributed by atoms with Crippen LogP contribution in [0.2, 0.25) is 5.02 Å². The smallest absolute Gasteiger partial charge is 0.269 e. The standard InChI is InChI=1S/C19H19ClN2O4S/c20-15-8-10-16(11-9-15)27(25,26)19(12-4-5-13-19)18(24)22-21-17(23)14-6-2-1-3-7-14/h1-3,6-11H,4-5,12-13H2,(H,21,23)(H,22,24). The zero-order valence-corrected chi connectivity index (χ0v) is 16.0. The molecule has 142 valence electrons. The first kappa shape index (κ1) is 19.4. The molecule has 8 heteroatoms. The summed E-state index contributed by atoms with van der Waals surface area (Å²) in [6, 6.07) is 14.1. The molecule has 0 aromatic heterocycles. The highest BCUT2D eigenvalue weighted by Crippen LogP contribution is 2.40. The van der Waals surface area contributed by atoms with E-state index in [9.17, 15) is 18.0 Å². The van der Waals surface area contributed by atoms with Crippen molar-refractivity contribution in [3.05, 3.63) is 65.2 Å². The van der Waals surface area contributed by atoms with Crippen LogP contribution in [0.25, 0.3) is 0 Å². The van der Waals surface area contributed by atoms with Crippen LogP contribution in [-0.2, 0) is 14.6 Å². The second kappa shape index (κ2) is 7.70. The molecule has 2 aromatic carbocycles. The van der Waals surface area contributed by atoms with Crippen LogP contribution in [0.1, 0.15) is 36.0 Å². The van der Waals surface area contributed by atoms with E-state index in [1.54, 1.807) is 30.3 Å². The molecular formula is C19H19ClN2O4S. The summed E-state index contributed by atoms with van der Waals surface area (Å²) in [7, 11) is -3.95. The summed E-state index contributed by atoms with van der Waals surface area (Å²) in [5.41, 5.74) is 4.98. The molecule has 1 aliphatic carbocycles. The van der Waals surface area contributed by atoms with Crippen LogP contribution in [0, 0.1) is 0 Å². The molecule has 0 unspecified atom stereocenters. The van der Waals surface area contributed by atoms with E-state index in [0.29, 0.717) is 23.4 Å². The van der Waals surface area contributed by atoms with Gasteiger partial charge in [0.05, 0.1) is 4.90 Å². The Morgan fingerprint density at radius 1 is 0.889 bits per heavy atom. The fourth-order valence-electron chi connectivity index (χ4n) is 3.29. The molecule has 3 rings (SSSR count). The first-order valence-electron chi connectivity index (χ1n) is 8.53. The molecule has 27 heavy (non-hydrogen) atoms. The van der Waals surface area contributed by atoms with Crippen molar-refractivity contribution in [1.82, 2.24) is 10.9 Å². The number of carbonyl (C=O) groups is 2. The molecule has 2 amide bonds. The molecule has 0 atom stereocenters. The lowest BCUT2D eigenvalue weighted by atomic mass is 10.1. The van der Waals surface area contributed by atoms with Gasteiger partial charge in [-0.3, -0.25) is 20.4 Å². The van der Waals surface area contributed by atoms with Crippen molar-refractivity contribution >= 4 is 33.3 Å². The van der Waals surface area contributed by atoms with Crippen LogP contribution in [0.15, 0.2) is 59.5 Å². The summed E-state index contributed by atoms with van der Waals surface area (Å²) in [5, 5.41) is 0.411. The Morgan fingerprint density at radius 3 is 2.07 bits per heavy atom. The van der Waals surface area contributed by atoms with Gasteiger partial charge in [0, 0.05) is 10.6 Å². The number of hydrogen-bond donors (Lipinski definition) is 2. The quantitative estimate of drug-likeness (QED) is 0.763. The van der Waals surface area contributed by atoms with E-state index in [0.717, 1.165) is 0 Å². The largest absolute Gasteiger partial charge is 0.271 e. The maximum absolute atomic E-state index is 13.2. The van der Waals surface area contributed by atoms with Gasteiger partial charge in [-0.15, -0.1) is 0 Å². The van der Waals surface area contributed by atoms with E-state index in [1.807, 2.05) is 0 Å². The first-order valence-corrected chi connectivity index (χ1v) is 10.4. The van der Waals surface area contributed by atoms with Crippen molar-refractivity contribution < 1.29 is 18.0 Å². The molecule has 0 heterocycles. The average molecular weight is 407 g/mol. The highest BCUT2D eigenvalue weighted by Gasteiger charge is 2.53. The van der Waals surface area contributed by atoms with Crippen molar-refractivity contribution in [2.75, 3.05) is 0 Å². The number of sulfone groups is 1. The number of rotatable bonds is 4. The van der Waals surface area contributed by atoms with Gasteiger partial charge in [0.15, 0.2) is 14.6 Å². The number of hydrazine groups is 1. The van der Waals surface area contributed by atoms with Crippen molar-refractivity contribution in [3.8, 4) is 0 Å². The molecule has 0 aliphatic heterocycles. The van der Waals surface area contributed by atoms with Gasteiger partial charge in [-0.2, -0.15) is 0 Å². The predicted octanol–water partition coefficient (Wildman–Crippen LogP) is 2.89. The maximum Gasteiger partial charge on any atom is 0.269 e. The minimum absolute atomic E-state index is 0.0401. The Labute approximate surface area is 162 Å². The van der Waals surface area contributed by atoms with Gasteiger partial charge < -0.3 is 0 Å². The molecule has 0 saturated heterocycles. The highest BCUT2D eigenvalue weighted by molar-refractivity contribution is 7.93. The predicted molar refractivity (Wildman–Crippen MR) is 102 cm³/mol. The van der Waals surface area contributed by atoms with E-state index in [2.05, 4.69) is 10.9 Å². The molecule has 2 aromatic rings. The Hall–Kier alpha value is -2.38. The third kappa shape index (κ3) is 3.70. The van der Waals surface area contributed by atoms with Crippen molar-refractivity contribution in [2.45, 2.75) is 35.3 Å². The lowest BCUT2D eigenvalue weighted by Crippen LogP contribution is -2.55. The molecule has 1 aliphatic rings. The summed E-state index contributed by atoms with van der Waals surface area (Å²) in [5.74, 6) is -1.24. The fourth-order valence-corrected chi connectivity index (χ4v) is 5.49. The van der Waals surface area contributed by atoms with Gasteiger partial charge in [0.1, 0.15) is 0 Å². The van der Waals surface area contributed by atoms with E-state index >= 15 is 0 Å². The lowest BCUT2D eigenvalue weighted by Gasteiger charge is -2.27. The number of hydrogen-bond acceptors (Lipinski definition) is 4. The highest BCUT2D eigenvalue weighted by atomic mass is 35.5. The Balaban J connectivity index is 1.82. The van der Waals surface area contributed by atoms with Crippen molar-refractivity contribution in [2.24, 2.45) is 0 Å². The maximum atomic E-state index is 13.2. The molecule has 6 nitrogen and oxygen atoms in total. The van der Waals surface area contributed by atoms with E-state index in [1.165, 1.54) is 24.3 Å². The zero-order valence-electron chi connectivity index (χ0n) is 14.4. The van der Waals surface area contributed by atoms with Crippen LogP contribution in [0.4, 0.5) is 0 Å². The third-order valence-electron chi connectivity index (χ3n) is 4.79. The average Bonchev–Trinajstić information content (AvgIpc) is 3.19. The second-order valence-electron chi connectivity index (χ2n) is 6.43. The summed E-state index contributed by atoms with van der Waals surface area (Å²) in [4.78, 5) is 25.0. The Bertz CT molecular complexity index is 937. The van der Waals surface area contributed by atoms with Crippen LogP contribution < -0.4 is 10.9 Å². The van der Waals surface area contributed by atoms with Crippen molar-refractivity contribution in [1.29, 1.82) is 0 Å². The van der Waals surface area contributed by atoms with Gasteiger partial charge in [0.2, 0.25) is 0 Å². The number of nitrogens with one attached hydrogen (secondary N) is 2. The summed E-state index contributed by atoms with van der Waals surface area (Å²) >= 11 is 5.84. The van der Waals surface area contributed by atoms with Gasteiger partial charge in [-0.1, -0.05) is 42.6 Å². The number of halogens is 1. The van der Waals surface area contributed by atoms with Crippen LogP contribution in [-0.4, -0.2) is 25.0 Å². The lowest BCUT2D eigenvalue weighted by molar-refractivity contribution is -0.124. The summed E-state index contributed by atoms with van der Waals surface area (Å²) in [6.07, 6.45) is 1.63. The summed E-state index contributed by atoms with van der Waals surface area (Å²) < 4.78 is 24.8. The van der Waals surface area contributed by atoms with Crippen LogP contribution >= 0.6 is 11.6 Å². The van der Waals surface area contributed by atoms with Gasteiger partial charge >= 0.3 is 0 Å². The summed E-state index contributed by atoms with van der Waals surface area (Å²) in [6.45, 7) is 0. The van der Waals surface area contributed by atoms with Gasteiger partial charge in [-0.05, 0) is 49.2 Å². The molecular weight excluding hydrogens is 388 g/mol. The minimum atomic E-state index is -3.95. The molecule has 2 N–H and O–H groups in total. The topological polar surface area (TPSA) is 92.3 Å². The molecule has 1 saturated carbocycles. The minimum Gasteiger partial charge on any atom is -0.271 e. The van der Waals surface area contributed by atoms with Crippen LogP contribution in [0.3, 0.4) is 0 Å². The van der Waals surface area contributed by atoms with E-state index in [-0.39, 0.29) is 17.7 Å². The van der Waals surface area contributed by atoms with Gasteiger partial charge in [-0.25, -0.2) is 8.42 Å². The molecule has 0 spiro atoms. The molecule has 1 fully saturated rings. The zero-order chi connectivity index (χ0) is 19.5. The number of benzene rings is 2. The SMILES string of the molecule is O=C(NNC(=O)C1(S(=O)(=O)c2ccc(Cl)cc2)CCCC1)c1ccccc1. The molecule has 0 bridgehead atoms. The monoisotopic (exact) mass is 406 g/mol. The molecule has 0 radical (unpaired) electrons. The second-order valence-corrected chi connectivity index (χ2v) is 9.13. The Morgan fingerprint density at radius 2 is 1.48 bits per heavy atom. The van der Waals surface area contributed by atoms with E-state index in [4.69, 9.17) is 11.6 Å².